The van der Waals surface area contributed by atoms with Crippen molar-refractivity contribution in [2.24, 2.45) is 0 Å². The zero-order valence-corrected chi connectivity index (χ0v) is 31.1. The van der Waals surface area contributed by atoms with Gasteiger partial charge in [-0.25, -0.2) is 4.79 Å². The minimum Gasteiger partial charge on any atom is -0.463 e. The molecule has 0 bridgehead atoms. The number of carbonyl (C=O) groups excluding carboxylic acids is 8. The summed E-state index contributed by atoms with van der Waals surface area (Å²) in [4.78, 5) is 109. The van der Waals surface area contributed by atoms with Crippen molar-refractivity contribution in [3.8, 4) is 0 Å². The van der Waals surface area contributed by atoms with E-state index in [9.17, 15) is 38.4 Å². The summed E-state index contributed by atoms with van der Waals surface area (Å²) >= 11 is 0. The monoisotopic (exact) mass is 761 g/mol. The Hall–Kier alpha value is -4.40. The van der Waals surface area contributed by atoms with Gasteiger partial charge in [-0.3, -0.25) is 43.3 Å². The molecule has 1 heterocycles. The topological polar surface area (TPSA) is 261 Å². The van der Waals surface area contributed by atoms with E-state index in [1.165, 1.54) is 20.8 Å². The molecule has 0 saturated carbocycles. The number of hydrogen-bond donors (Lipinski definition) is 5. The van der Waals surface area contributed by atoms with Crippen LogP contribution < -0.4 is 26.7 Å². The Bertz CT molecular complexity index is 1200. The third-order valence-corrected chi connectivity index (χ3v) is 7.16. The van der Waals surface area contributed by atoms with Gasteiger partial charge in [0.05, 0.1) is 6.61 Å². The number of unbranched alkanes of at least 4 members (excludes halogenated alkanes) is 2. The van der Waals surface area contributed by atoms with Gasteiger partial charge < -0.3 is 40.2 Å². The summed E-state index contributed by atoms with van der Waals surface area (Å²) in [5.74, 6) is -3.57. The summed E-state index contributed by atoms with van der Waals surface area (Å²) in [6, 6.07) is -1.12. The highest BCUT2D eigenvalue weighted by Crippen LogP contribution is 2.27. The summed E-state index contributed by atoms with van der Waals surface area (Å²) in [6.07, 6.45) is -0.876. The Labute approximate surface area is 308 Å². The Balaban J connectivity index is 2.32. The average molecular weight is 762 g/mol. The molecule has 1 aliphatic rings. The maximum Gasteiger partial charge on any atom is 0.339 e. The van der Waals surface area contributed by atoms with Gasteiger partial charge in [0.1, 0.15) is 18.8 Å². The van der Waals surface area contributed by atoms with Crippen LogP contribution in [0.3, 0.4) is 0 Å². The van der Waals surface area contributed by atoms with Crippen molar-refractivity contribution in [2.75, 3.05) is 39.4 Å². The van der Waals surface area contributed by atoms with Crippen molar-refractivity contribution in [3.63, 3.8) is 0 Å². The van der Waals surface area contributed by atoms with E-state index in [0.29, 0.717) is 64.6 Å². The zero-order valence-electron chi connectivity index (χ0n) is 31.1. The van der Waals surface area contributed by atoms with Crippen molar-refractivity contribution in [1.82, 2.24) is 26.7 Å². The minimum absolute atomic E-state index is 0.114. The third-order valence-electron chi connectivity index (χ3n) is 7.16. The predicted molar refractivity (Wildman–Crippen MR) is 181 cm³/mol. The van der Waals surface area contributed by atoms with E-state index in [0.717, 1.165) is 13.8 Å². The first-order valence-electron chi connectivity index (χ1n) is 17.6. The molecule has 0 aromatic heterocycles. The molecule has 5 N–H and O–H groups in total. The third kappa shape index (κ3) is 23.0. The Morgan fingerprint density at radius 1 is 0.585 bits per heavy atom. The highest BCUT2D eigenvalue weighted by atomic mass is 17.2. The van der Waals surface area contributed by atoms with Crippen LogP contribution in [0.1, 0.15) is 92.4 Å². The van der Waals surface area contributed by atoms with Crippen LogP contribution in [0.2, 0.25) is 0 Å². The zero-order chi connectivity index (χ0) is 39.6. The van der Waals surface area contributed by atoms with Crippen LogP contribution in [-0.2, 0) is 71.9 Å². The van der Waals surface area contributed by atoms with Gasteiger partial charge in [-0.15, -0.1) is 0 Å². The largest absolute Gasteiger partial charge is 0.463 e. The molecular weight excluding hydrogens is 706 g/mol. The summed E-state index contributed by atoms with van der Waals surface area (Å²) in [5.41, 5.74) is 2.69. The fourth-order valence-corrected chi connectivity index (χ4v) is 4.87. The lowest BCUT2D eigenvalue weighted by atomic mass is 9.96. The molecule has 5 unspecified atom stereocenters. The SMILES string of the molecule is CC(=O)NC1C(ONCCCNC(=O)CCCCC(=O)NCCCNC(=O)CCCCOOC(C)=O)OC(COC(C)=O)C(OC(C)=O)C1OC(C)=O. The van der Waals surface area contributed by atoms with Crippen LogP contribution >= 0.6 is 0 Å². The molecule has 0 aromatic carbocycles. The van der Waals surface area contributed by atoms with Gasteiger partial charge >= 0.3 is 23.9 Å². The van der Waals surface area contributed by atoms with Gasteiger partial charge in [0.2, 0.25) is 29.9 Å². The van der Waals surface area contributed by atoms with E-state index in [1.54, 1.807) is 0 Å². The van der Waals surface area contributed by atoms with Gasteiger partial charge in [-0.1, -0.05) is 0 Å². The van der Waals surface area contributed by atoms with Gasteiger partial charge in [0.15, 0.2) is 12.2 Å². The van der Waals surface area contributed by atoms with Crippen molar-refractivity contribution in [3.05, 3.63) is 0 Å². The van der Waals surface area contributed by atoms with Gasteiger partial charge in [-0.2, -0.15) is 10.4 Å². The lowest BCUT2D eigenvalue weighted by molar-refractivity contribution is -0.292. The van der Waals surface area contributed by atoms with Crippen LogP contribution in [0.15, 0.2) is 0 Å². The van der Waals surface area contributed by atoms with E-state index >= 15 is 0 Å². The van der Waals surface area contributed by atoms with E-state index in [-0.39, 0.29) is 50.3 Å². The van der Waals surface area contributed by atoms with Crippen molar-refractivity contribution in [1.29, 1.82) is 0 Å². The first-order valence-corrected chi connectivity index (χ1v) is 17.6. The molecule has 1 rings (SSSR count). The molecule has 0 radical (unpaired) electrons. The molecular formula is C33H55N5O15. The lowest BCUT2D eigenvalue weighted by Gasteiger charge is -2.44. The van der Waals surface area contributed by atoms with Crippen LogP contribution in [0.4, 0.5) is 0 Å². The Kier molecular flexibility index (Phi) is 24.0. The number of rotatable bonds is 26. The number of nitrogens with one attached hydrogen (secondary N) is 5. The van der Waals surface area contributed by atoms with Gasteiger partial charge in [0, 0.05) is 80.1 Å². The van der Waals surface area contributed by atoms with Crippen molar-refractivity contribution in [2.45, 2.75) is 123 Å². The van der Waals surface area contributed by atoms with Crippen molar-refractivity contribution < 1.29 is 71.9 Å². The quantitative estimate of drug-likeness (QED) is 0.0245. The number of ether oxygens (including phenoxy) is 4. The number of esters is 3. The molecule has 0 spiro atoms. The maximum atomic E-state index is 12.2. The molecule has 0 aromatic rings. The van der Waals surface area contributed by atoms with E-state index < -0.39 is 60.4 Å². The average Bonchev–Trinajstić information content (AvgIpc) is 3.06. The molecule has 5 atom stereocenters. The number of hydrogen-bond acceptors (Lipinski definition) is 16. The number of carbonyl (C=O) groups is 8. The smallest absolute Gasteiger partial charge is 0.339 e. The lowest BCUT2D eigenvalue weighted by Crippen LogP contribution is -2.67. The highest BCUT2D eigenvalue weighted by Gasteiger charge is 2.51. The van der Waals surface area contributed by atoms with Crippen LogP contribution in [-0.4, -0.2) is 118 Å². The molecule has 4 amide bonds. The number of hydroxylamine groups is 1. The minimum atomic E-state index is -1.27. The van der Waals surface area contributed by atoms with Gasteiger partial charge in [0.25, 0.3) is 0 Å². The Morgan fingerprint density at radius 3 is 1.58 bits per heavy atom. The standard InChI is InChI=1S/C33H55N5O15/c1-21(39)38-30-32(50-24(4)42)31(49-23(3)41)26(20-47-22(2)40)51-33(30)52-37-18-11-17-36-28(45)13-7-6-12-27(44)34-15-10-16-35-29(46)14-8-9-19-48-53-25(5)43/h26,30-33,37H,6-20H2,1-5H3,(H,34,44)(H,35,46)(H,36,45)(H,38,39). The second kappa shape index (κ2) is 27.2. The Morgan fingerprint density at radius 2 is 1.09 bits per heavy atom. The van der Waals surface area contributed by atoms with E-state index in [1.807, 2.05) is 0 Å². The number of amides is 4. The highest BCUT2D eigenvalue weighted by molar-refractivity contribution is 5.77. The van der Waals surface area contributed by atoms with Crippen molar-refractivity contribution >= 4 is 47.5 Å². The maximum absolute atomic E-state index is 12.2. The molecule has 20 nitrogen and oxygen atoms in total. The summed E-state index contributed by atoms with van der Waals surface area (Å²) in [6.45, 7) is 7.13. The summed E-state index contributed by atoms with van der Waals surface area (Å²) < 4.78 is 21.7. The second-order valence-electron chi connectivity index (χ2n) is 12.1. The van der Waals surface area contributed by atoms with Crippen LogP contribution in [0.5, 0.6) is 0 Å². The van der Waals surface area contributed by atoms with Crippen LogP contribution in [0, 0.1) is 0 Å². The molecule has 53 heavy (non-hydrogen) atoms. The second-order valence-corrected chi connectivity index (χ2v) is 12.1. The van der Waals surface area contributed by atoms with Gasteiger partial charge in [-0.05, 0) is 38.5 Å². The molecule has 20 heteroatoms. The van der Waals surface area contributed by atoms with E-state index in [2.05, 4.69) is 36.5 Å². The fourth-order valence-electron chi connectivity index (χ4n) is 4.87. The molecule has 1 saturated heterocycles. The molecule has 1 aliphatic heterocycles. The molecule has 0 aliphatic carbocycles. The normalized spacial score (nSPS) is 19.2. The van der Waals surface area contributed by atoms with E-state index in [4.69, 9.17) is 23.8 Å². The first kappa shape index (κ1) is 46.6. The summed E-state index contributed by atoms with van der Waals surface area (Å²) in [7, 11) is 0. The fraction of sp³-hybridized carbons (Fsp3) is 0.758. The molecule has 302 valence electrons. The summed E-state index contributed by atoms with van der Waals surface area (Å²) in [5, 5.41) is 10.9. The van der Waals surface area contributed by atoms with Crippen LogP contribution in [0.25, 0.3) is 0 Å². The molecule has 1 fully saturated rings. The first-order chi connectivity index (χ1) is 25.2. The predicted octanol–water partition coefficient (Wildman–Crippen LogP) is -0.482.